The van der Waals surface area contributed by atoms with Crippen molar-refractivity contribution in [1.82, 2.24) is 0 Å². The van der Waals surface area contributed by atoms with E-state index in [9.17, 15) is 4.79 Å². The predicted octanol–water partition coefficient (Wildman–Crippen LogP) is 3.25. The number of benzene rings is 2. The van der Waals surface area contributed by atoms with Gasteiger partial charge in [0.05, 0.1) is 0 Å². The van der Waals surface area contributed by atoms with Gasteiger partial charge in [-0.3, -0.25) is 0 Å². The van der Waals surface area contributed by atoms with E-state index in [-0.39, 0.29) is 6.61 Å². The molecule has 5 heteroatoms. The summed E-state index contributed by atoms with van der Waals surface area (Å²) >= 11 is 5.76. The Morgan fingerprint density at radius 2 is 1.70 bits per heavy atom. The fourth-order valence-electron chi connectivity index (χ4n) is 1.52. The largest absolute Gasteiger partial charge is 0.489 e. The maximum absolute atomic E-state index is 11.2. The van der Waals surface area contributed by atoms with Crippen molar-refractivity contribution < 1.29 is 19.4 Å². The number of carboxylic acids is 1. The van der Waals surface area contributed by atoms with E-state index < -0.39 is 12.1 Å². The molecule has 2 aromatic rings. The van der Waals surface area contributed by atoms with Gasteiger partial charge in [0.2, 0.25) is 6.10 Å². The highest BCUT2D eigenvalue weighted by Crippen LogP contribution is 2.17. The molecule has 0 unspecified atom stereocenters. The molecule has 2 rings (SSSR count). The van der Waals surface area contributed by atoms with Crippen LogP contribution in [-0.2, 0) is 4.79 Å². The van der Waals surface area contributed by atoms with Crippen molar-refractivity contribution in [2.75, 3.05) is 6.61 Å². The van der Waals surface area contributed by atoms with Crippen LogP contribution >= 0.6 is 11.6 Å². The van der Waals surface area contributed by atoms with Gasteiger partial charge in [0, 0.05) is 5.02 Å². The Bertz CT molecular complexity index is 554. The van der Waals surface area contributed by atoms with Gasteiger partial charge < -0.3 is 14.6 Å². The van der Waals surface area contributed by atoms with Crippen molar-refractivity contribution in [3.05, 3.63) is 59.6 Å². The Morgan fingerprint density at radius 1 is 1.05 bits per heavy atom. The number of carbonyl (C=O) groups is 1. The summed E-state index contributed by atoms with van der Waals surface area (Å²) in [5.74, 6) is -0.0622. The zero-order valence-corrected chi connectivity index (χ0v) is 11.3. The molecule has 0 heterocycles. The first-order chi connectivity index (χ1) is 9.65. The third-order valence-corrected chi connectivity index (χ3v) is 2.76. The van der Waals surface area contributed by atoms with Crippen LogP contribution in [0.4, 0.5) is 0 Å². The minimum absolute atomic E-state index is 0.0814. The van der Waals surface area contributed by atoms with E-state index in [1.165, 1.54) is 0 Å². The van der Waals surface area contributed by atoms with Gasteiger partial charge in [-0.05, 0) is 36.4 Å². The fraction of sp³-hybridized carbons (Fsp3) is 0.133. The molecular weight excluding hydrogens is 280 g/mol. The Hall–Kier alpha value is -2.20. The molecule has 1 N–H and O–H groups in total. The monoisotopic (exact) mass is 292 g/mol. The van der Waals surface area contributed by atoms with Gasteiger partial charge in [-0.2, -0.15) is 0 Å². The second-order valence-electron chi connectivity index (χ2n) is 4.02. The molecule has 0 aromatic heterocycles. The normalized spacial score (nSPS) is 11.7. The molecule has 1 atom stereocenters. The van der Waals surface area contributed by atoms with E-state index in [2.05, 4.69) is 0 Å². The van der Waals surface area contributed by atoms with Crippen LogP contribution in [-0.4, -0.2) is 23.8 Å². The summed E-state index contributed by atoms with van der Waals surface area (Å²) in [5.41, 5.74) is 0. The number of rotatable bonds is 6. The smallest absolute Gasteiger partial charge is 0.348 e. The number of halogens is 1. The lowest BCUT2D eigenvalue weighted by Crippen LogP contribution is -2.33. The van der Waals surface area contributed by atoms with Gasteiger partial charge in [-0.1, -0.05) is 29.8 Å². The minimum atomic E-state index is -1.09. The summed E-state index contributed by atoms with van der Waals surface area (Å²) in [7, 11) is 0. The van der Waals surface area contributed by atoms with Gasteiger partial charge in [0.15, 0.2) is 0 Å². The Morgan fingerprint density at radius 3 is 2.30 bits per heavy atom. The van der Waals surface area contributed by atoms with Crippen LogP contribution in [0.2, 0.25) is 5.02 Å². The summed E-state index contributed by atoms with van der Waals surface area (Å²) in [6.07, 6.45) is -1.09. The molecule has 2 aromatic carbocycles. The van der Waals surface area contributed by atoms with Gasteiger partial charge in [0.25, 0.3) is 0 Å². The highest BCUT2D eigenvalue weighted by molar-refractivity contribution is 6.30. The highest BCUT2D eigenvalue weighted by Gasteiger charge is 2.20. The molecule has 0 fully saturated rings. The third-order valence-electron chi connectivity index (χ3n) is 2.51. The third kappa shape index (κ3) is 4.17. The topological polar surface area (TPSA) is 55.8 Å². The molecule has 0 saturated heterocycles. The summed E-state index contributed by atoms with van der Waals surface area (Å²) in [5, 5.41) is 9.70. The zero-order valence-electron chi connectivity index (χ0n) is 10.5. The molecule has 0 saturated carbocycles. The van der Waals surface area contributed by atoms with Gasteiger partial charge >= 0.3 is 5.97 Å². The number of para-hydroxylation sites is 1. The average molecular weight is 293 g/mol. The van der Waals surface area contributed by atoms with Crippen LogP contribution in [0.15, 0.2) is 54.6 Å². The van der Waals surface area contributed by atoms with Crippen LogP contribution in [0.3, 0.4) is 0 Å². The second kappa shape index (κ2) is 6.82. The van der Waals surface area contributed by atoms with Crippen molar-refractivity contribution in [3.63, 3.8) is 0 Å². The van der Waals surface area contributed by atoms with Gasteiger partial charge in [-0.15, -0.1) is 0 Å². The van der Waals surface area contributed by atoms with E-state index in [1.54, 1.807) is 36.4 Å². The van der Waals surface area contributed by atoms with Crippen LogP contribution in [0.25, 0.3) is 0 Å². The maximum Gasteiger partial charge on any atom is 0.348 e. The first kappa shape index (κ1) is 14.2. The highest BCUT2D eigenvalue weighted by atomic mass is 35.5. The van der Waals surface area contributed by atoms with Crippen molar-refractivity contribution in [1.29, 1.82) is 0 Å². The lowest BCUT2D eigenvalue weighted by molar-refractivity contribution is -0.146. The molecule has 20 heavy (non-hydrogen) atoms. The Labute approximate surface area is 121 Å². The fourth-order valence-corrected chi connectivity index (χ4v) is 1.65. The molecule has 0 spiro atoms. The summed E-state index contributed by atoms with van der Waals surface area (Å²) in [6, 6.07) is 15.5. The van der Waals surface area contributed by atoms with Crippen LogP contribution in [0, 0.1) is 0 Å². The first-order valence-corrected chi connectivity index (χ1v) is 6.36. The standard InChI is InChI=1S/C15H13ClO4/c16-11-6-8-13(9-7-11)20-14(15(17)18)10-19-12-4-2-1-3-5-12/h1-9,14H,10H2,(H,17,18)/t14-/m0/s1. The van der Waals surface area contributed by atoms with Crippen LogP contribution in [0.5, 0.6) is 11.5 Å². The lowest BCUT2D eigenvalue weighted by Gasteiger charge is -2.16. The first-order valence-electron chi connectivity index (χ1n) is 5.98. The molecule has 0 aliphatic heterocycles. The molecule has 0 aliphatic rings. The summed E-state index contributed by atoms with van der Waals surface area (Å²) in [4.78, 5) is 11.2. The van der Waals surface area contributed by atoms with E-state index >= 15 is 0 Å². The van der Waals surface area contributed by atoms with Crippen LogP contribution in [0.1, 0.15) is 0 Å². The SMILES string of the molecule is O=C(O)[C@H](COc1ccccc1)Oc1ccc(Cl)cc1. The molecule has 0 amide bonds. The van der Waals surface area contributed by atoms with Crippen molar-refractivity contribution >= 4 is 17.6 Å². The molecule has 0 aliphatic carbocycles. The van der Waals surface area contributed by atoms with E-state index in [0.29, 0.717) is 16.5 Å². The van der Waals surface area contributed by atoms with E-state index in [0.717, 1.165) is 0 Å². The summed E-state index contributed by atoms with van der Waals surface area (Å²) < 4.78 is 10.8. The number of carboxylic acid groups (broad SMARTS) is 1. The minimum Gasteiger partial charge on any atom is -0.489 e. The second-order valence-corrected chi connectivity index (χ2v) is 4.46. The molecule has 104 valence electrons. The van der Waals surface area contributed by atoms with E-state index in [4.69, 9.17) is 26.2 Å². The van der Waals surface area contributed by atoms with Gasteiger partial charge in [0.1, 0.15) is 18.1 Å². The molecule has 0 radical (unpaired) electrons. The number of hydrogen-bond acceptors (Lipinski definition) is 3. The molecular formula is C15H13ClO4. The zero-order chi connectivity index (χ0) is 14.4. The lowest BCUT2D eigenvalue weighted by atomic mass is 10.3. The van der Waals surface area contributed by atoms with Crippen molar-refractivity contribution in [2.24, 2.45) is 0 Å². The summed E-state index contributed by atoms with van der Waals surface area (Å²) in [6.45, 7) is -0.0814. The van der Waals surface area contributed by atoms with E-state index in [1.807, 2.05) is 18.2 Å². The average Bonchev–Trinajstić information content (AvgIpc) is 2.46. The number of hydrogen-bond donors (Lipinski definition) is 1. The quantitative estimate of drug-likeness (QED) is 0.888. The maximum atomic E-state index is 11.2. The van der Waals surface area contributed by atoms with Gasteiger partial charge in [-0.25, -0.2) is 4.79 Å². The number of ether oxygens (including phenoxy) is 2. The van der Waals surface area contributed by atoms with Crippen molar-refractivity contribution in [2.45, 2.75) is 6.10 Å². The molecule has 4 nitrogen and oxygen atoms in total. The van der Waals surface area contributed by atoms with Crippen molar-refractivity contribution in [3.8, 4) is 11.5 Å². The Balaban J connectivity index is 1.97. The number of aliphatic carboxylic acids is 1. The predicted molar refractivity (Wildman–Crippen MR) is 75.4 cm³/mol. The molecule has 0 bridgehead atoms. The van der Waals surface area contributed by atoms with Crippen LogP contribution < -0.4 is 9.47 Å². The Kier molecular flexibility index (Phi) is 4.85.